The SMILES string of the molecule is Cc1sc2nc(CN3CCC(C)CC3)nc(N[C@H](CO)[C@H](O)c3ccc([N+](=O)[O-])cc3)c2c1C. The van der Waals surface area contributed by atoms with Gasteiger partial charge in [-0.15, -0.1) is 11.3 Å². The summed E-state index contributed by atoms with van der Waals surface area (Å²) in [5, 5.41) is 36.1. The van der Waals surface area contributed by atoms with Crippen LogP contribution in [-0.4, -0.2) is 55.7 Å². The maximum atomic E-state index is 10.9. The molecule has 3 N–H and O–H groups in total. The highest BCUT2D eigenvalue weighted by atomic mass is 32.1. The van der Waals surface area contributed by atoms with E-state index in [1.54, 1.807) is 11.3 Å². The molecule has 0 amide bonds. The third kappa shape index (κ3) is 5.20. The van der Waals surface area contributed by atoms with Crippen molar-refractivity contribution >= 4 is 33.1 Å². The predicted molar refractivity (Wildman–Crippen MR) is 133 cm³/mol. The quantitative estimate of drug-likeness (QED) is 0.324. The van der Waals surface area contributed by atoms with Crippen LogP contribution in [0.25, 0.3) is 10.2 Å². The van der Waals surface area contributed by atoms with Gasteiger partial charge in [0, 0.05) is 17.0 Å². The predicted octanol–water partition coefficient (Wildman–Crippen LogP) is 3.95. The van der Waals surface area contributed by atoms with Crippen molar-refractivity contribution in [1.82, 2.24) is 14.9 Å². The van der Waals surface area contributed by atoms with Crippen LogP contribution in [-0.2, 0) is 6.54 Å². The minimum atomic E-state index is -1.08. The fourth-order valence-electron chi connectivity index (χ4n) is 4.31. The van der Waals surface area contributed by atoms with Gasteiger partial charge < -0.3 is 15.5 Å². The highest BCUT2D eigenvalue weighted by Crippen LogP contribution is 2.35. The number of aryl methyl sites for hydroxylation is 2. The van der Waals surface area contributed by atoms with E-state index in [2.05, 4.69) is 17.1 Å². The highest BCUT2D eigenvalue weighted by Gasteiger charge is 2.25. The lowest BCUT2D eigenvalue weighted by atomic mass is 9.99. The molecule has 10 heteroatoms. The smallest absolute Gasteiger partial charge is 0.269 e. The van der Waals surface area contributed by atoms with Crippen molar-refractivity contribution in [1.29, 1.82) is 0 Å². The van der Waals surface area contributed by atoms with Crippen LogP contribution in [0.2, 0.25) is 0 Å². The number of nitrogens with one attached hydrogen (secondary N) is 1. The molecule has 0 bridgehead atoms. The zero-order valence-electron chi connectivity index (χ0n) is 19.7. The summed E-state index contributed by atoms with van der Waals surface area (Å²) in [6.07, 6.45) is 1.25. The van der Waals surface area contributed by atoms with Gasteiger partial charge in [0.25, 0.3) is 5.69 Å². The van der Waals surface area contributed by atoms with Crippen molar-refractivity contribution in [3.63, 3.8) is 0 Å². The molecule has 3 heterocycles. The second-order valence-electron chi connectivity index (χ2n) is 9.14. The van der Waals surface area contributed by atoms with Crippen LogP contribution in [0, 0.1) is 29.9 Å². The molecular formula is C24H31N5O4S. The molecule has 0 saturated carbocycles. The van der Waals surface area contributed by atoms with Crippen molar-refractivity contribution in [3.8, 4) is 0 Å². The van der Waals surface area contributed by atoms with Gasteiger partial charge in [0.15, 0.2) is 0 Å². The number of nitrogens with zero attached hydrogens (tertiary/aromatic N) is 4. The van der Waals surface area contributed by atoms with Crippen LogP contribution in [0.15, 0.2) is 24.3 Å². The van der Waals surface area contributed by atoms with Crippen LogP contribution >= 0.6 is 11.3 Å². The number of aliphatic hydroxyl groups is 2. The van der Waals surface area contributed by atoms with E-state index in [9.17, 15) is 20.3 Å². The number of aromatic nitrogens is 2. The largest absolute Gasteiger partial charge is 0.394 e. The molecule has 34 heavy (non-hydrogen) atoms. The molecule has 4 rings (SSSR count). The van der Waals surface area contributed by atoms with E-state index in [-0.39, 0.29) is 12.3 Å². The van der Waals surface area contributed by atoms with Gasteiger partial charge in [-0.05, 0) is 69.0 Å². The Morgan fingerprint density at radius 2 is 1.91 bits per heavy atom. The summed E-state index contributed by atoms with van der Waals surface area (Å²) in [5.41, 5.74) is 1.49. The van der Waals surface area contributed by atoms with Gasteiger partial charge in [-0.25, -0.2) is 9.97 Å². The second kappa shape index (κ2) is 10.3. The number of piperidine rings is 1. The number of likely N-dealkylation sites (tertiary alicyclic amines) is 1. The first-order valence-corrected chi connectivity index (χ1v) is 12.4. The van der Waals surface area contributed by atoms with E-state index < -0.39 is 17.1 Å². The van der Waals surface area contributed by atoms with E-state index in [1.165, 1.54) is 37.1 Å². The number of anilines is 1. The fourth-order valence-corrected chi connectivity index (χ4v) is 5.36. The summed E-state index contributed by atoms with van der Waals surface area (Å²) in [7, 11) is 0. The molecule has 1 aliphatic heterocycles. The molecule has 0 radical (unpaired) electrons. The van der Waals surface area contributed by atoms with E-state index >= 15 is 0 Å². The Balaban J connectivity index is 1.62. The van der Waals surface area contributed by atoms with Gasteiger partial charge in [0.2, 0.25) is 0 Å². The Bertz CT molecular complexity index is 1160. The number of benzene rings is 1. The van der Waals surface area contributed by atoms with Crippen LogP contribution in [0.5, 0.6) is 0 Å². The molecule has 3 aromatic rings. The Morgan fingerprint density at radius 1 is 1.24 bits per heavy atom. The Labute approximate surface area is 202 Å². The summed E-state index contributed by atoms with van der Waals surface area (Å²) in [6, 6.07) is 4.96. The minimum absolute atomic E-state index is 0.0527. The molecule has 1 aromatic carbocycles. The number of hydrogen-bond donors (Lipinski definition) is 3. The Hall–Kier alpha value is -2.66. The number of non-ortho nitro benzene ring substituents is 1. The first-order chi connectivity index (χ1) is 16.3. The lowest BCUT2D eigenvalue weighted by Gasteiger charge is -2.29. The molecule has 182 valence electrons. The standard InChI is InChI=1S/C24H31N5O4S/c1-14-8-10-28(11-9-14)12-20-26-23(21-15(2)16(3)34-24(21)27-20)25-19(13-30)22(31)17-4-6-18(7-5-17)29(32)33/h4-7,14,19,22,30-31H,8-13H2,1-3H3,(H,25,26,27)/t19-,22-/m1/s1. The fraction of sp³-hybridized carbons (Fsp3) is 0.500. The topological polar surface area (TPSA) is 125 Å². The first kappa shape index (κ1) is 24.5. The monoisotopic (exact) mass is 485 g/mol. The molecule has 0 spiro atoms. The van der Waals surface area contributed by atoms with Crippen LogP contribution in [0.1, 0.15) is 47.7 Å². The third-order valence-electron chi connectivity index (χ3n) is 6.66. The zero-order chi connectivity index (χ0) is 24.4. The van der Waals surface area contributed by atoms with Gasteiger partial charge in [0.05, 0.1) is 29.5 Å². The number of fused-ring (bicyclic) bond motifs is 1. The lowest BCUT2D eigenvalue weighted by Crippen LogP contribution is -2.34. The number of thiophene rings is 1. The van der Waals surface area contributed by atoms with Gasteiger partial charge in [-0.1, -0.05) is 6.92 Å². The molecule has 9 nitrogen and oxygen atoms in total. The van der Waals surface area contributed by atoms with Gasteiger partial charge >= 0.3 is 0 Å². The van der Waals surface area contributed by atoms with Crippen molar-refractivity contribution in [3.05, 3.63) is 56.2 Å². The number of aliphatic hydroxyl groups excluding tert-OH is 2. The molecule has 1 aliphatic rings. The average Bonchev–Trinajstić information content (AvgIpc) is 3.11. The van der Waals surface area contributed by atoms with Crippen molar-refractivity contribution in [2.24, 2.45) is 5.92 Å². The van der Waals surface area contributed by atoms with E-state index in [0.29, 0.717) is 23.8 Å². The molecule has 1 saturated heterocycles. The summed E-state index contributed by atoms with van der Waals surface area (Å²) in [5.74, 6) is 2.05. The van der Waals surface area contributed by atoms with Crippen molar-refractivity contribution < 1.29 is 15.1 Å². The molecule has 1 fully saturated rings. The molecule has 0 aliphatic carbocycles. The molecule has 2 atom stereocenters. The first-order valence-electron chi connectivity index (χ1n) is 11.6. The van der Waals surface area contributed by atoms with Crippen LogP contribution < -0.4 is 5.32 Å². The zero-order valence-corrected chi connectivity index (χ0v) is 20.5. The molecule has 2 aromatic heterocycles. The van der Waals surface area contributed by atoms with E-state index in [4.69, 9.17) is 9.97 Å². The maximum absolute atomic E-state index is 10.9. The van der Waals surface area contributed by atoms with Crippen molar-refractivity contribution in [2.45, 2.75) is 52.3 Å². The Morgan fingerprint density at radius 3 is 2.53 bits per heavy atom. The maximum Gasteiger partial charge on any atom is 0.269 e. The average molecular weight is 486 g/mol. The normalized spacial score (nSPS) is 17.1. The van der Waals surface area contributed by atoms with Crippen molar-refractivity contribution in [2.75, 3.05) is 25.0 Å². The van der Waals surface area contributed by atoms with Crippen LogP contribution in [0.3, 0.4) is 0 Å². The molecular weight excluding hydrogens is 454 g/mol. The third-order valence-corrected chi connectivity index (χ3v) is 7.76. The summed E-state index contributed by atoms with van der Waals surface area (Å²) < 4.78 is 0. The van der Waals surface area contributed by atoms with Gasteiger partial charge in [0.1, 0.15) is 22.6 Å². The van der Waals surface area contributed by atoms with Gasteiger partial charge in [-0.3, -0.25) is 15.0 Å². The minimum Gasteiger partial charge on any atom is -0.394 e. The number of nitro benzene ring substituents is 1. The number of hydrogen-bond acceptors (Lipinski definition) is 9. The summed E-state index contributed by atoms with van der Waals surface area (Å²) in [6.45, 7) is 8.71. The molecule has 0 unspecified atom stereocenters. The second-order valence-corrected chi connectivity index (χ2v) is 10.3. The summed E-state index contributed by atoms with van der Waals surface area (Å²) >= 11 is 1.61. The Kier molecular flexibility index (Phi) is 7.42. The number of nitro groups is 1. The van der Waals surface area contributed by atoms with Crippen LogP contribution in [0.4, 0.5) is 11.5 Å². The summed E-state index contributed by atoms with van der Waals surface area (Å²) in [4.78, 5) is 24.5. The van der Waals surface area contributed by atoms with Gasteiger partial charge in [-0.2, -0.15) is 0 Å². The highest BCUT2D eigenvalue weighted by molar-refractivity contribution is 7.18. The van der Waals surface area contributed by atoms with E-state index in [1.807, 2.05) is 13.8 Å². The van der Waals surface area contributed by atoms with E-state index in [0.717, 1.165) is 39.7 Å². The lowest BCUT2D eigenvalue weighted by molar-refractivity contribution is -0.384. The number of rotatable bonds is 8.